The van der Waals surface area contributed by atoms with E-state index in [9.17, 15) is 14.0 Å². The summed E-state index contributed by atoms with van der Waals surface area (Å²) in [6.45, 7) is -0.260. The number of thiocarbonyl (C=S) groups is 1. The fraction of sp³-hybridized carbons (Fsp3) is 0.115. The molecule has 4 rings (SSSR count). The van der Waals surface area contributed by atoms with E-state index in [1.807, 2.05) is 49.3 Å². The number of amides is 2. The van der Waals surface area contributed by atoms with Crippen LogP contribution in [-0.4, -0.2) is 36.8 Å². The topological polar surface area (TPSA) is 61.9 Å². The molecule has 6 nitrogen and oxygen atoms in total. The molecule has 1 saturated heterocycles. The number of nitrogens with one attached hydrogen (secondary N) is 1. The van der Waals surface area contributed by atoms with Crippen LogP contribution in [0.2, 0.25) is 5.02 Å². The van der Waals surface area contributed by atoms with E-state index in [2.05, 4.69) is 5.32 Å². The molecule has 0 aliphatic carbocycles. The van der Waals surface area contributed by atoms with Gasteiger partial charge in [-0.25, -0.2) is 4.39 Å². The Bertz CT molecular complexity index is 1360. The third-order valence-electron chi connectivity index (χ3n) is 5.15. The first kappa shape index (κ1) is 25.7. The van der Waals surface area contributed by atoms with E-state index in [-0.39, 0.29) is 17.5 Å². The Kier molecular flexibility index (Phi) is 7.93. The Hall–Kier alpha value is -3.40. The van der Waals surface area contributed by atoms with Crippen molar-refractivity contribution in [1.82, 2.24) is 0 Å². The average molecular weight is 542 g/mol. The Labute approximate surface area is 222 Å². The van der Waals surface area contributed by atoms with Crippen molar-refractivity contribution in [2.45, 2.75) is 0 Å². The van der Waals surface area contributed by atoms with Gasteiger partial charge in [-0.2, -0.15) is 0 Å². The molecule has 1 heterocycles. The van der Waals surface area contributed by atoms with Crippen LogP contribution in [0, 0.1) is 5.82 Å². The van der Waals surface area contributed by atoms with E-state index in [0.29, 0.717) is 26.3 Å². The number of halogens is 2. The number of thioether (sulfide) groups is 1. The Morgan fingerprint density at radius 2 is 1.92 bits per heavy atom. The van der Waals surface area contributed by atoms with Gasteiger partial charge in [0.1, 0.15) is 11.6 Å². The number of ether oxygens (including phenoxy) is 1. The van der Waals surface area contributed by atoms with E-state index in [0.717, 1.165) is 11.3 Å². The van der Waals surface area contributed by atoms with Gasteiger partial charge in [-0.3, -0.25) is 14.5 Å². The molecule has 36 heavy (non-hydrogen) atoms. The number of carbonyl (C=O) groups is 2. The molecule has 1 aliphatic rings. The van der Waals surface area contributed by atoms with Gasteiger partial charge in [0.15, 0.2) is 10.9 Å². The first-order valence-corrected chi connectivity index (χ1v) is 12.3. The number of hydrogen-bond donors (Lipinski definition) is 1. The van der Waals surface area contributed by atoms with Crippen molar-refractivity contribution in [1.29, 1.82) is 0 Å². The highest BCUT2D eigenvalue weighted by molar-refractivity contribution is 8.27. The molecule has 1 fully saturated rings. The summed E-state index contributed by atoms with van der Waals surface area (Å²) in [7, 11) is 3.90. The van der Waals surface area contributed by atoms with E-state index in [1.165, 1.54) is 34.9 Å². The van der Waals surface area contributed by atoms with Crippen molar-refractivity contribution in [3.63, 3.8) is 0 Å². The van der Waals surface area contributed by atoms with Crippen LogP contribution in [0.5, 0.6) is 5.75 Å². The Balaban J connectivity index is 1.41. The average Bonchev–Trinajstić information content (AvgIpc) is 3.13. The number of carbonyl (C=O) groups excluding carboxylic acids is 2. The summed E-state index contributed by atoms with van der Waals surface area (Å²) >= 11 is 12.4. The van der Waals surface area contributed by atoms with Gasteiger partial charge in [0.05, 0.1) is 15.6 Å². The predicted molar refractivity (Wildman–Crippen MR) is 148 cm³/mol. The molecule has 0 radical (unpaired) electrons. The van der Waals surface area contributed by atoms with Crippen molar-refractivity contribution in [3.8, 4) is 5.75 Å². The van der Waals surface area contributed by atoms with Crippen molar-refractivity contribution in [3.05, 3.63) is 88.0 Å². The summed E-state index contributed by atoms with van der Waals surface area (Å²) < 4.78 is 19.3. The van der Waals surface area contributed by atoms with Crippen LogP contribution in [0.1, 0.15) is 5.56 Å². The second-order valence-corrected chi connectivity index (χ2v) is 10.0. The molecule has 0 spiro atoms. The van der Waals surface area contributed by atoms with Gasteiger partial charge in [-0.15, -0.1) is 0 Å². The molecule has 0 aromatic heterocycles. The Morgan fingerprint density at radius 3 is 2.61 bits per heavy atom. The summed E-state index contributed by atoms with van der Waals surface area (Å²) in [4.78, 5) is 29.3. The summed E-state index contributed by atoms with van der Waals surface area (Å²) in [5, 5.41) is 2.51. The van der Waals surface area contributed by atoms with Crippen LogP contribution in [-0.2, 0) is 9.59 Å². The molecule has 10 heteroatoms. The van der Waals surface area contributed by atoms with Gasteiger partial charge in [0, 0.05) is 25.5 Å². The third kappa shape index (κ3) is 6.04. The van der Waals surface area contributed by atoms with Crippen LogP contribution < -0.4 is 19.9 Å². The molecule has 2 amide bonds. The van der Waals surface area contributed by atoms with E-state index >= 15 is 0 Å². The van der Waals surface area contributed by atoms with Crippen LogP contribution >= 0.6 is 35.6 Å². The zero-order valence-electron chi connectivity index (χ0n) is 19.3. The number of anilines is 3. The maximum Gasteiger partial charge on any atom is 0.270 e. The highest BCUT2D eigenvalue weighted by Crippen LogP contribution is 2.36. The quantitative estimate of drug-likeness (QED) is 0.294. The fourth-order valence-corrected chi connectivity index (χ4v) is 4.84. The standard InChI is InChI=1S/C26H21ClFN3O3S2/c1-30(2)18-7-9-19(10-8-18)31-25(33)23(36-26(31)35)13-16-4-3-5-20(12-16)34-15-24(32)29-17-6-11-22(28)21(27)14-17/h3-14H,15H2,1-2H3,(H,29,32)/b23-13-. The lowest BCUT2D eigenvalue weighted by Crippen LogP contribution is -2.27. The lowest BCUT2D eigenvalue weighted by Gasteiger charge is -2.17. The number of rotatable bonds is 7. The lowest BCUT2D eigenvalue weighted by molar-refractivity contribution is -0.118. The van der Waals surface area contributed by atoms with Crippen LogP contribution in [0.4, 0.5) is 21.5 Å². The van der Waals surface area contributed by atoms with E-state index < -0.39 is 11.7 Å². The molecule has 0 bridgehead atoms. The van der Waals surface area contributed by atoms with Gasteiger partial charge >= 0.3 is 0 Å². The maximum atomic E-state index is 13.3. The number of benzene rings is 3. The second kappa shape index (κ2) is 11.1. The molecule has 1 aliphatic heterocycles. The SMILES string of the molecule is CN(C)c1ccc(N2C(=O)/C(=C/c3cccc(OCC(=O)Nc4ccc(F)c(Cl)c4)c3)SC2=S)cc1. The van der Waals surface area contributed by atoms with Gasteiger partial charge < -0.3 is 15.0 Å². The van der Waals surface area contributed by atoms with Crippen molar-refractivity contribution < 1.29 is 18.7 Å². The minimum Gasteiger partial charge on any atom is -0.484 e. The first-order valence-electron chi connectivity index (χ1n) is 10.7. The Morgan fingerprint density at radius 1 is 1.17 bits per heavy atom. The molecule has 3 aromatic rings. The smallest absolute Gasteiger partial charge is 0.270 e. The van der Waals surface area contributed by atoms with Crippen molar-refractivity contribution >= 4 is 74.9 Å². The largest absolute Gasteiger partial charge is 0.484 e. The number of nitrogens with zero attached hydrogens (tertiary/aromatic N) is 2. The molecular formula is C26H21ClFN3O3S2. The van der Waals surface area contributed by atoms with Crippen LogP contribution in [0.15, 0.2) is 71.6 Å². The third-order valence-corrected chi connectivity index (χ3v) is 6.74. The van der Waals surface area contributed by atoms with Crippen molar-refractivity contribution in [2.24, 2.45) is 0 Å². The second-order valence-electron chi connectivity index (χ2n) is 7.97. The van der Waals surface area contributed by atoms with Gasteiger partial charge in [-0.1, -0.05) is 47.7 Å². The molecule has 0 atom stereocenters. The van der Waals surface area contributed by atoms with Crippen molar-refractivity contribution in [2.75, 3.05) is 35.8 Å². The van der Waals surface area contributed by atoms with E-state index in [1.54, 1.807) is 24.3 Å². The summed E-state index contributed by atoms with van der Waals surface area (Å²) in [5.41, 5.74) is 2.81. The minimum atomic E-state index is -0.568. The highest BCUT2D eigenvalue weighted by Gasteiger charge is 2.33. The zero-order valence-corrected chi connectivity index (χ0v) is 21.7. The lowest BCUT2D eigenvalue weighted by atomic mass is 10.2. The summed E-state index contributed by atoms with van der Waals surface area (Å²) in [6, 6.07) is 18.5. The molecule has 184 valence electrons. The van der Waals surface area contributed by atoms with Gasteiger partial charge in [0.2, 0.25) is 0 Å². The monoisotopic (exact) mass is 541 g/mol. The highest BCUT2D eigenvalue weighted by atomic mass is 35.5. The number of hydrogen-bond acceptors (Lipinski definition) is 6. The normalized spacial score (nSPS) is 14.3. The zero-order chi connectivity index (χ0) is 25.8. The molecule has 3 aromatic carbocycles. The predicted octanol–water partition coefficient (Wildman–Crippen LogP) is 5.97. The molecule has 1 N–H and O–H groups in total. The molecule has 0 saturated carbocycles. The maximum absolute atomic E-state index is 13.3. The summed E-state index contributed by atoms with van der Waals surface area (Å²) in [6.07, 6.45) is 1.74. The van der Waals surface area contributed by atoms with Crippen LogP contribution in [0.3, 0.4) is 0 Å². The summed E-state index contributed by atoms with van der Waals surface area (Å²) in [5.74, 6) is -0.747. The molecular weight excluding hydrogens is 521 g/mol. The minimum absolute atomic E-state index is 0.0857. The van der Waals surface area contributed by atoms with Crippen LogP contribution in [0.25, 0.3) is 6.08 Å². The van der Waals surface area contributed by atoms with Gasteiger partial charge in [0.25, 0.3) is 11.8 Å². The fourth-order valence-electron chi connectivity index (χ4n) is 3.36. The van der Waals surface area contributed by atoms with E-state index in [4.69, 9.17) is 28.6 Å². The molecule has 0 unspecified atom stereocenters. The first-order chi connectivity index (χ1) is 17.2. The van der Waals surface area contributed by atoms with Gasteiger partial charge in [-0.05, 0) is 66.2 Å².